The van der Waals surface area contributed by atoms with Crippen molar-refractivity contribution in [2.75, 3.05) is 6.61 Å². The number of hydrogen-bond donors (Lipinski definition) is 0. The van der Waals surface area contributed by atoms with Crippen LogP contribution in [0.3, 0.4) is 0 Å². The Hall–Kier alpha value is -3.33. The number of nitro groups is 1. The van der Waals surface area contributed by atoms with E-state index in [0.29, 0.717) is 0 Å². The van der Waals surface area contributed by atoms with E-state index in [-0.39, 0.29) is 29.2 Å². The van der Waals surface area contributed by atoms with Crippen molar-refractivity contribution in [3.63, 3.8) is 0 Å². The van der Waals surface area contributed by atoms with Gasteiger partial charge in [0.2, 0.25) is 0 Å². The van der Waals surface area contributed by atoms with Crippen molar-refractivity contribution in [1.29, 1.82) is 0 Å². The van der Waals surface area contributed by atoms with Gasteiger partial charge in [-0.05, 0) is 44.0 Å². The molecule has 0 bridgehead atoms. The second-order valence-corrected chi connectivity index (χ2v) is 7.40. The van der Waals surface area contributed by atoms with Crippen molar-refractivity contribution in [3.8, 4) is 0 Å². The fourth-order valence-electron chi connectivity index (χ4n) is 3.12. The number of fused-ring (bicyclic) bond motifs is 1. The lowest BCUT2D eigenvalue weighted by atomic mass is 10.1. The molecular weight excluding hydrogens is 394 g/mol. The van der Waals surface area contributed by atoms with Crippen LogP contribution >= 0.6 is 11.3 Å². The minimum atomic E-state index is -0.740. The molecule has 9 heteroatoms. The summed E-state index contributed by atoms with van der Waals surface area (Å²) in [5.41, 5.74) is 2.33. The van der Waals surface area contributed by atoms with Gasteiger partial charge in [-0.3, -0.25) is 19.7 Å². The molecule has 0 saturated heterocycles. The van der Waals surface area contributed by atoms with Crippen molar-refractivity contribution >= 4 is 39.1 Å². The van der Waals surface area contributed by atoms with Crippen LogP contribution < -0.4 is 4.80 Å². The standard InChI is InChI=1S/C20H19N3O5S/c1-4-28-17(24)11-22-18-13(3)9-12(2)10-16(18)29-20(22)21-19(25)14-7-5-6-8-15(14)23(26)27/h5-10H,4,11H2,1-3H3. The van der Waals surface area contributed by atoms with E-state index in [1.54, 1.807) is 17.6 Å². The van der Waals surface area contributed by atoms with E-state index in [1.807, 2.05) is 26.0 Å². The largest absolute Gasteiger partial charge is 0.465 e. The van der Waals surface area contributed by atoms with Gasteiger partial charge < -0.3 is 9.30 Å². The Morgan fingerprint density at radius 1 is 1.24 bits per heavy atom. The molecule has 0 fully saturated rings. The predicted molar refractivity (Wildman–Crippen MR) is 109 cm³/mol. The van der Waals surface area contributed by atoms with Crippen LogP contribution in [-0.2, 0) is 16.1 Å². The average Bonchev–Trinajstić information content (AvgIpc) is 2.98. The molecule has 0 aliphatic rings. The minimum absolute atomic E-state index is 0.106. The maximum Gasteiger partial charge on any atom is 0.326 e. The molecular formula is C20H19N3O5S. The monoisotopic (exact) mass is 413 g/mol. The number of thiazole rings is 1. The van der Waals surface area contributed by atoms with Gasteiger partial charge in [0.25, 0.3) is 11.6 Å². The van der Waals surface area contributed by atoms with Crippen LogP contribution in [0, 0.1) is 24.0 Å². The second-order valence-electron chi connectivity index (χ2n) is 6.40. The SMILES string of the molecule is CCOC(=O)Cn1c(=NC(=O)c2ccccc2[N+](=O)[O-])sc2cc(C)cc(C)c21. The van der Waals surface area contributed by atoms with Crippen molar-refractivity contribution in [2.45, 2.75) is 27.3 Å². The van der Waals surface area contributed by atoms with Crippen molar-refractivity contribution < 1.29 is 19.2 Å². The first-order chi connectivity index (χ1) is 13.8. The highest BCUT2D eigenvalue weighted by atomic mass is 32.1. The number of aryl methyl sites for hydroxylation is 2. The summed E-state index contributed by atoms with van der Waals surface area (Å²) in [7, 11) is 0. The summed E-state index contributed by atoms with van der Waals surface area (Å²) in [6, 6.07) is 9.58. The number of carbonyl (C=O) groups excluding carboxylic acids is 2. The molecule has 8 nitrogen and oxygen atoms in total. The van der Waals surface area contributed by atoms with Crippen LogP contribution in [0.4, 0.5) is 5.69 Å². The lowest BCUT2D eigenvalue weighted by Gasteiger charge is -2.07. The summed E-state index contributed by atoms with van der Waals surface area (Å²) in [6.45, 7) is 5.71. The minimum Gasteiger partial charge on any atom is -0.465 e. The highest BCUT2D eigenvalue weighted by Crippen LogP contribution is 2.24. The van der Waals surface area contributed by atoms with Gasteiger partial charge in [0.15, 0.2) is 4.80 Å². The Labute approximate surface area is 170 Å². The molecule has 0 unspecified atom stereocenters. The smallest absolute Gasteiger partial charge is 0.326 e. The van der Waals surface area contributed by atoms with Crippen molar-refractivity contribution in [1.82, 2.24) is 4.57 Å². The number of nitrogens with zero attached hydrogens (tertiary/aromatic N) is 3. The molecule has 1 aromatic heterocycles. The van der Waals surface area contributed by atoms with Crippen LogP contribution in [0.5, 0.6) is 0 Å². The molecule has 0 radical (unpaired) electrons. The summed E-state index contributed by atoms with van der Waals surface area (Å²) in [5.74, 6) is -1.19. The summed E-state index contributed by atoms with van der Waals surface area (Å²) in [6.07, 6.45) is 0. The van der Waals surface area contributed by atoms with E-state index in [0.717, 1.165) is 21.3 Å². The molecule has 0 aliphatic heterocycles. The maximum absolute atomic E-state index is 12.7. The third-order valence-corrected chi connectivity index (χ3v) is 5.26. The first kappa shape index (κ1) is 20.4. The molecule has 0 atom stereocenters. The highest BCUT2D eigenvalue weighted by molar-refractivity contribution is 7.16. The first-order valence-electron chi connectivity index (χ1n) is 8.90. The number of ether oxygens (including phenoxy) is 1. The third kappa shape index (κ3) is 4.24. The Morgan fingerprint density at radius 2 is 1.97 bits per heavy atom. The summed E-state index contributed by atoms with van der Waals surface area (Å²) in [4.78, 5) is 39.9. The van der Waals surface area contributed by atoms with Crippen LogP contribution in [0.15, 0.2) is 41.4 Å². The molecule has 0 aliphatic carbocycles. The average molecular weight is 413 g/mol. The van der Waals surface area contributed by atoms with E-state index in [9.17, 15) is 19.7 Å². The number of para-hydroxylation sites is 1. The zero-order valence-corrected chi connectivity index (χ0v) is 17.0. The van der Waals surface area contributed by atoms with Gasteiger partial charge in [-0.25, -0.2) is 0 Å². The van der Waals surface area contributed by atoms with Crippen molar-refractivity contribution in [3.05, 3.63) is 68.0 Å². The normalized spacial score (nSPS) is 11.6. The van der Waals surface area contributed by atoms with E-state index in [1.165, 1.54) is 29.5 Å². The number of esters is 1. The summed E-state index contributed by atoms with van der Waals surface area (Å²) in [5, 5.41) is 11.2. The number of amides is 1. The van der Waals surface area contributed by atoms with E-state index in [4.69, 9.17) is 4.74 Å². The fourth-order valence-corrected chi connectivity index (χ4v) is 4.32. The van der Waals surface area contributed by atoms with E-state index < -0.39 is 16.8 Å². The Bertz CT molecular complexity index is 1190. The first-order valence-corrected chi connectivity index (χ1v) is 9.72. The second kappa shape index (κ2) is 8.36. The van der Waals surface area contributed by atoms with Gasteiger partial charge in [0.1, 0.15) is 12.1 Å². The maximum atomic E-state index is 12.7. The fraction of sp³-hybridized carbons (Fsp3) is 0.250. The van der Waals surface area contributed by atoms with Gasteiger partial charge in [-0.2, -0.15) is 4.99 Å². The lowest BCUT2D eigenvalue weighted by Crippen LogP contribution is -2.23. The molecule has 0 spiro atoms. The molecule has 0 N–H and O–H groups in total. The number of benzene rings is 2. The van der Waals surface area contributed by atoms with Gasteiger partial charge in [-0.15, -0.1) is 0 Å². The van der Waals surface area contributed by atoms with Crippen LogP contribution in [0.25, 0.3) is 10.2 Å². The quantitative estimate of drug-likeness (QED) is 0.362. The van der Waals surface area contributed by atoms with Crippen LogP contribution in [0.1, 0.15) is 28.4 Å². The van der Waals surface area contributed by atoms with Gasteiger partial charge >= 0.3 is 5.97 Å². The molecule has 150 valence electrons. The molecule has 2 aromatic carbocycles. The van der Waals surface area contributed by atoms with Gasteiger partial charge in [-0.1, -0.05) is 29.5 Å². The number of aromatic nitrogens is 1. The van der Waals surface area contributed by atoms with Crippen LogP contribution in [-0.4, -0.2) is 28.0 Å². The van der Waals surface area contributed by atoms with E-state index in [2.05, 4.69) is 4.99 Å². The van der Waals surface area contributed by atoms with Gasteiger partial charge in [0, 0.05) is 6.07 Å². The topological polar surface area (TPSA) is 104 Å². The summed E-state index contributed by atoms with van der Waals surface area (Å²) >= 11 is 1.25. The third-order valence-electron chi connectivity index (χ3n) is 4.23. The number of rotatable bonds is 5. The zero-order valence-electron chi connectivity index (χ0n) is 16.2. The number of carbonyl (C=O) groups is 2. The molecule has 1 heterocycles. The molecule has 1 amide bonds. The number of nitro benzene ring substituents is 1. The Balaban J connectivity index is 2.20. The van der Waals surface area contributed by atoms with E-state index >= 15 is 0 Å². The predicted octanol–water partition coefficient (Wildman–Crippen LogP) is 3.53. The Morgan fingerprint density at radius 3 is 2.66 bits per heavy atom. The molecule has 29 heavy (non-hydrogen) atoms. The molecule has 0 saturated carbocycles. The van der Waals surface area contributed by atoms with Crippen LogP contribution in [0.2, 0.25) is 0 Å². The summed E-state index contributed by atoms with van der Waals surface area (Å²) < 4.78 is 7.54. The van der Waals surface area contributed by atoms with Gasteiger partial charge in [0.05, 0.1) is 21.7 Å². The zero-order chi connectivity index (χ0) is 21.1. The lowest BCUT2D eigenvalue weighted by molar-refractivity contribution is -0.385. The van der Waals surface area contributed by atoms with Crippen molar-refractivity contribution in [2.24, 2.45) is 4.99 Å². The highest BCUT2D eigenvalue weighted by Gasteiger charge is 2.20. The molecule has 3 aromatic rings. The Kier molecular flexibility index (Phi) is 5.88. The molecule has 3 rings (SSSR count). The number of hydrogen-bond acceptors (Lipinski definition) is 6.